The van der Waals surface area contributed by atoms with Crippen LogP contribution in [0.1, 0.15) is 27.6 Å². The lowest BCUT2D eigenvalue weighted by molar-refractivity contribution is 0.0910. The quantitative estimate of drug-likeness (QED) is 0.489. The number of amides is 1. The van der Waals surface area contributed by atoms with Gasteiger partial charge in [-0.05, 0) is 35.7 Å². The molecule has 0 atom stereocenters. The number of nitrogens with zero attached hydrogens (tertiary/aromatic N) is 2. The minimum absolute atomic E-state index is 0.0458. The fraction of sp³-hybridized carbons (Fsp3) is 0.150. The number of phenolic OH excluding ortho intramolecular Hbond substituents is 1. The molecule has 0 radical (unpaired) electrons. The third kappa shape index (κ3) is 3.82. The normalized spacial score (nSPS) is 11.0. The second kappa shape index (κ2) is 7.33. The SMILES string of the molecule is O=C(NCCc1ccc(O)cc1)c1nc(Cc2c[nH]c3ccccc23)no1. The van der Waals surface area contributed by atoms with Crippen molar-refractivity contribution in [1.29, 1.82) is 0 Å². The second-order valence-electron chi connectivity index (χ2n) is 6.22. The van der Waals surface area contributed by atoms with Gasteiger partial charge in [0.25, 0.3) is 0 Å². The van der Waals surface area contributed by atoms with E-state index in [1.165, 1.54) is 0 Å². The molecule has 4 rings (SSSR count). The Balaban J connectivity index is 1.35. The van der Waals surface area contributed by atoms with Crippen LogP contribution in [0.4, 0.5) is 0 Å². The minimum Gasteiger partial charge on any atom is -0.508 e. The number of para-hydroxylation sites is 1. The van der Waals surface area contributed by atoms with E-state index in [-0.39, 0.29) is 11.6 Å². The van der Waals surface area contributed by atoms with Crippen LogP contribution in [0, 0.1) is 0 Å². The van der Waals surface area contributed by atoms with Gasteiger partial charge in [-0.25, -0.2) is 0 Å². The average Bonchev–Trinajstić information content (AvgIpc) is 3.31. The van der Waals surface area contributed by atoms with Crippen LogP contribution in [-0.2, 0) is 12.8 Å². The number of H-pyrrole nitrogens is 1. The summed E-state index contributed by atoms with van der Waals surface area (Å²) >= 11 is 0. The Kier molecular flexibility index (Phi) is 4.57. The topological polar surface area (TPSA) is 104 Å². The molecule has 0 aliphatic carbocycles. The van der Waals surface area contributed by atoms with Crippen molar-refractivity contribution in [2.45, 2.75) is 12.8 Å². The molecule has 136 valence electrons. The molecular weight excluding hydrogens is 344 g/mol. The Bertz CT molecular complexity index is 1070. The summed E-state index contributed by atoms with van der Waals surface area (Å²) < 4.78 is 5.09. The third-order valence-corrected chi connectivity index (χ3v) is 4.32. The lowest BCUT2D eigenvalue weighted by atomic mass is 10.1. The second-order valence-corrected chi connectivity index (χ2v) is 6.22. The van der Waals surface area contributed by atoms with Crippen molar-refractivity contribution in [1.82, 2.24) is 20.4 Å². The number of aromatic hydroxyl groups is 1. The first-order valence-electron chi connectivity index (χ1n) is 8.63. The number of hydrogen-bond donors (Lipinski definition) is 3. The summed E-state index contributed by atoms with van der Waals surface area (Å²) in [5, 5.41) is 17.0. The highest BCUT2D eigenvalue weighted by Crippen LogP contribution is 2.19. The van der Waals surface area contributed by atoms with E-state index >= 15 is 0 Å². The van der Waals surface area contributed by atoms with E-state index in [1.54, 1.807) is 12.1 Å². The molecule has 0 fully saturated rings. The number of hydrogen-bond acceptors (Lipinski definition) is 5. The van der Waals surface area contributed by atoms with Crippen LogP contribution in [0.2, 0.25) is 0 Å². The van der Waals surface area contributed by atoms with Crippen LogP contribution in [0.3, 0.4) is 0 Å². The third-order valence-electron chi connectivity index (χ3n) is 4.32. The Hall–Kier alpha value is -3.61. The van der Waals surface area contributed by atoms with Gasteiger partial charge in [0.15, 0.2) is 5.82 Å². The molecule has 0 aliphatic rings. The standard InChI is InChI=1S/C20H18N4O3/c25-15-7-5-13(6-8-15)9-10-21-19(26)20-23-18(24-27-20)11-14-12-22-17-4-2-1-3-16(14)17/h1-8,12,22,25H,9-11H2,(H,21,26). The van der Waals surface area contributed by atoms with E-state index in [1.807, 2.05) is 42.6 Å². The van der Waals surface area contributed by atoms with Crippen LogP contribution in [0.25, 0.3) is 10.9 Å². The summed E-state index contributed by atoms with van der Waals surface area (Å²) in [7, 11) is 0. The molecule has 3 N–H and O–H groups in total. The summed E-state index contributed by atoms with van der Waals surface area (Å²) in [5.74, 6) is 0.238. The first kappa shape index (κ1) is 16.8. The van der Waals surface area contributed by atoms with E-state index in [9.17, 15) is 9.90 Å². The first-order valence-corrected chi connectivity index (χ1v) is 8.63. The van der Waals surface area contributed by atoms with Gasteiger partial charge in [-0.1, -0.05) is 35.5 Å². The molecule has 0 saturated carbocycles. The molecule has 0 spiro atoms. The number of nitrogens with one attached hydrogen (secondary N) is 2. The van der Waals surface area contributed by atoms with Crippen LogP contribution >= 0.6 is 0 Å². The van der Waals surface area contributed by atoms with Crippen molar-refractivity contribution in [3.05, 3.63) is 77.6 Å². The summed E-state index contributed by atoms with van der Waals surface area (Å²) in [6.07, 6.45) is 3.04. The number of aromatic nitrogens is 3. The van der Waals surface area contributed by atoms with Crippen molar-refractivity contribution in [3.63, 3.8) is 0 Å². The van der Waals surface area contributed by atoms with E-state index in [0.29, 0.717) is 25.2 Å². The van der Waals surface area contributed by atoms with Crippen molar-refractivity contribution in [2.75, 3.05) is 6.54 Å². The molecule has 4 aromatic rings. The minimum atomic E-state index is -0.397. The van der Waals surface area contributed by atoms with Gasteiger partial charge in [0.2, 0.25) is 0 Å². The molecule has 7 nitrogen and oxygen atoms in total. The van der Waals surface area contributed by atoms with Gasteiger partial charge < -0.3 is 19.9 Å². The van der Waals surface area contributed by atoms with Crippen molar-refractivity contribution in [2.24, 2.45) is 0 Å². The molecular formula is C20H18N4O3. The van der Waals surface area contributed by atoms with Crippen LogP contribution in [-0.4, -0.2) is 32.7 Å². The number of carbonyl (C=O) groups excluding carboxylic acids is 1. The number of benzene rings is 2. The fourth-order valence-electron chi connectivity index (χ4n) is 2.92. The van der Waals surface area contributed by atoms with E-state index in [0.717, 1.165) is 22.0 Å². The van der Waals surface area contributed by atoms with Gasteiger partial charge in [-0.3, -0.25) is 4.79 Å². The van der Waals surface area contributed by atoms with Gasteiger partial charge in [0.1, 0.15) is 5.75 Å². The monoisotopic (exact) mass is 362 g/mol. The predicted octanol–water partition coefficient (Wildman–Crippen LogP) is 2.82. The zero-order valence-electron chi connectivity index (χ0n) is 14.5. The molecule has 0 bridgehead atoms. The Morgan fingerprint density at radius 2 is 1.96 bits per heavy atom. The largest absolute Gasteiger partial charge is 0.508 e. The zero-order chi connectivity index (χ0) is 18.6. The van der Waals surface area contributed by atoms with Gasteiger partial charge in [0, 0.05) is 30.1 Å². The Morgan fingerprint density at radius 1 is 1.15 bits per heavy atom. The fourth-order valence-corrected chi connectivity index (χ4v) is 2.92. The van der Waals surface area contributed by atoms with Gasteiger partial charge in [-0.15, -0.1) is 0 Å². The maximum Gasteiger partial charge on any atom is 0.315 e. The van der Waals surface area contributed by atoms with Crippen molar-refractivity contribution in [3.8, 4) is 5.75 Å². The van der Waals surface area contributed by atoms with Gasteiger partial charge >= 0.3 is 11.8 Å². The van der Waals surface area contributed by atoms with Crippen LogP contribution in [0.15, 0.2) is 59.3 Å². The van der Waals surface area contributed by atoms with E-state index in [4.69, 9.17) is 4.52 Å². The highest BCUT2D eigenvalue weighted by Gasteiger charge is 2.16. The number of phenols is 1. The van der Waals surface area contributed by atoms with Gasteiger partial charge in [-0.2, -0.15) is 4.98 Å². The number of carbonyl (C=O) groups is 1. The summed E-state index contributed by atoms with van der Waals surface area (Å²) in [5.41, 5.74) is 3.10. The predicted molar refractivity (Wildman–Crippen MR) is 99.5 cm³/mol. The maximum atomic E-state index is 12.2. The summed E-state index contributed by atoms with van der Waals surface area (Å²) in [6.45, 7) is 0.434. The molecule has 2 heterocycles. The number of rotatable bonds is 6. The molecule has 0 aliphatic heterocycles. The number of aromatic amines is 1. The smallest absolute Gasteiger partial charge is 0.315 e. The summed E-state index contributed by atoms with van der Waals surface area (Å²) in [6, 6.07) is 14.8. The molecule has 2 aromatic heterocycles. The highest BCUT2D eigenvalue weighted by molar-refractivity contribution is 5.89. The Labute approximate surface area is 155 Å². The zero-order valence-corrected chi connectivity index (χ0v) is 14.5. The molecule has 0 unspecified atom stereocenters. The van der Waals surface area contributed by atoms with Crippen LogP contribution in [0.5, 0.6) is 5.75 Å². The van der Waals surface area contributed by atoms with Crippen molar-refractivity contribution < 1.29 is 14.4 Å². The van der Waals surface area contributed by atoms with E-state index in [2.05, 4.69) is 20.4 Å². The van der Waals surface area contributed by atoms with Gasteiger partial charge in [0.05, 0.1) is 0 Å². The number of fused-ring (bicyclic) bond motifs is 1. The highest BCUT2D eigenvalue weighted by atomic mass is 16.5. The molecule has 27 heavy (non-hydrogen) atoms. The molecule has 0 saturated heterocycles. The average molecular weight is 362 g/mol. The lowest BCUT2D eigenvalue weighted by Crippen LogP contribution is -2.26. The molecule has 1 amide bonds. The van der Waals surface area contributed by atoms with E-state index < -0.39 is 5.91 Å². The maximum absolute atomic E-state index is 12.2. The Morgan fingerprint density at radius 3 is 2.81 bits per heavy atom. The van der Waals surface area contributed by atoms with Crippen LogP contribution < -0.4 is 5.32 Å². The van der Waals surface area contributed by atoms with Crippen molar-refractivity contribution >= 4 is 16.8 Å². The summed E-state index contributed by atoms with van der Waals surface area (Å²) in [4.78, 5) is 19.6. The first-order chi connectivity index (χ1) is 13.2. The molecule has 7 heteroatoms. The molecule has 2 aromatic carbocycles. The lowest BCUT2D eigenvalue weighted by Gasteiger charge is -2.02.